The Kier molecular flexibility index (Phi) is 9.06. The summed E-state index contributed by atoms with van der Waals surface area (Å²) in [7, 11) is 0. The molecular weight excluding hydrogens is 500 g/mol. The molecule has 1 unspecified atom stereocenters. The SMILES string of the molecule is C=CCn1c(SCC(=O)Nc2sc3c(c2C#N)CCC(CC)C3)nnc1-c1ccc(N(CC)CC)cc1. The Morgan fingerprint density at radius 3 is 2.70 bits per heavy atom. The van der Waals surface area contributed by atoms with E-state index in [-0.39, 0.29) is 11.7 Å². The molecule has 1 aromatic carbocycles. The van der Waals surface area contributed by atoms with Gasteiger partial charge in [-0.3, -0.25) is 9.36 Å². The van der Waals surface area contributed by atoms with E-state index in [9.17, 15) is 10.1 Å². The second-order valence-corrected chi connectivity index (χ2v) is 11.1. The fourth-order valence-corrected chi connectivity index (χ4v) is 6.89. The third kappa shape index (κ3) is 5.91. The summed E-state index contributed by atoms with van der Waals surface area (Å²) in [6, 6.07) is 10.7. The summed E-state index contributed by atoms with van der Waals surface area (Å²) < 4.78 is 1.98. The second kappa shape index (κ2) is 12.4. The number of aromatic nitrogens is 3. The number of thioether (sulfide) groups is 1. The number of hydrogen-bond acceptors (Lipinski definition) is 7. The molecule has 0 aliphatic heterocycles. The summed E-state index contributed by atoms with van der Waals surface area (Å²) in [4.78, 5) is 16.4. The zero-order chi connectivity index (χ0) is 26.4. The predicted molar refractivity (Wildman–Crippen MR) is 153 cm³/mol. The van der Waals surface area contributed by atoms with Crippen molar-refractivity contribution in [2.24, 2.45) is 5.92 Å². The van der Waals surface area contributed by atoms with Crippen molar-refractivity contribution in [2.75, 3.05) is 29.1 Å². The van der Waals surface area contributed by atoms with Crippen molar-refractivity contribution in [2.45, 2.75) is 58.2 Å². The summed E-state index contributed by atoms with van der Waals surface area (Å²) >= 11 is 2.90. The van der Waals surface area contributed by atoms with E-state index in [1.54, 1.807) is 17.4 Å². The summed E-state index contributed by atoms with van der Waals surface area (Å²) in [6.07, 6.45) is 5.98. The van der Waals surface area contributed by atoms with Gasteiger partial charge in [0, 0.05) is 35.8 Å². The zero-order valence-electron chi connectivity index (χ0n) is 21.8. The van der Waals surface area contributed by atoms with E-state index in [1.165, 1.54) is 22.3 Å². The number of nitriles is 1. The maximum absolute atomic E-state index is 12.9. The Morgan fingerprint density at radius 2 is 2.05 bits per heavy atom. The smallest absolute Gasteiger partial charge is 0.235 e. The minimum atomic E-state index is -0.148. The van der Waals surface area contributed by atoms with Crippen LogP contribution in [0, 0.1) is 17.2 Å². The van der Waals surface area contributed by atoms with Crippen molar-refractivity contribution in [3.63, 3.8) is 0 Å². The molecule has 0 spiro atoms. The van der Waals surface area contributed by atoms with Crippen molar-refractivity contribution in [1.82, 2.24) is 14.8 Å². The average Bonchev–Trinajstić information content (AvgIpc) is 3.48. The van der Waals surface area contributed by atoms with E-state index in [1.807, 2.05) is 4.57 Å². The van der Waals surface area contributed by atoms with E-state index in [4.69, 9.17) is 0 Å². The minimum Gasteiger partial charge on any atom is -0.372 e. The van der Waals surface area contributed by atoms with E-state index in [0.717, 1.165) is 55.7 Å². The fraction of sp³-hybridized carbons (Fsp3) is 0.429. The van der Waals surface area contributed by atoms with Crippen molar-refractivity contribution in [3.8, 4) is 17.5 Å². The van der Waals surface area contributed by atoms with E-state index < -0.39 is 0 Å². The third-order valence-corrected chi connectivity index (χ3v) is 9.06. The average molecular weight is 535 g/mol. The zero-order valence-corrected chi connectivity index (χ0v) is 23.4. The van der Waals surface area contributed by atoms with E-state index in [2.05, 4.69) is 78.1 Å². The van der Waals surface area contributed by atoms with Crippen molar-refractivity contribution < 1.29 is 4.79 Å². The molecule has 0 radical (unpaired) electrons. The second-order valence-electron chi connectivity index (χ2n) is 9.10. The van der Waals surface area contributed by atoms with E-state index in [0.29, 0.717) is 28.2 Å². The quantitative estimate of drug-likeness (QED) is 0.234. The van der Waals surface area contributed by atoms with Crippen molar-refractivity contribution in [1.29, 1.82) is 5.26 Å². The van der Waals surface area contributed by atoms with Gasteiger partial charge in [-0.1, -0.05) is 31.2 Å². The molecule has 1 atom stereocenters. The van der Waals surface area contributed by atoms with Crippen LogP contribution in [0.2, 0.25) is 0 Å². The number of carbonyl (C=O) groups excluding carboxylic acids is 1. The van der Waals surface area contributed by atoms with Crippen LogP contribution in [0.25, 0.3) is 11.4 Å². The van der Waals surface area contributed by atoms with Crippen LogP contribution in [0.5, 0.6) is 0 Å². The number of rotatable bonds is 11. The lowest BCUT2D eigenvalue weighted by Gasteiger charge is -2.21. The summed E-state index contributed by atoms with van der Waals surface area (Å²) in [6.45, 7) is 12.8. The first kappa shape index (κ1) is 27.0. The molecular formula is C28H34N6OS2. The number of hydrogen-bond donors (Lipinski definition) is 1. The third-order valence-electron chi connectivity index (χ3n) is 6.92. The van der Waals surface area contributed by atoms with Gasteiger partial charge in [-0.25, -0.2) is 0 Å². The molecule has 4 rings (SSSR count). The van der Waals surface area contributed by atoms with Crippen LogP contribution in [-0.4, -0.2) is 39.5 Å². The number of allylic oxidation sites excluding steroid dienone is 1. The Labute approximate surface area is 227 Å². The number of carbonyl (C=O) groups is 1. The lowest BCUT2D eigenvalue weighted by molar-refractivity contribution is -0.113. The number of fused-ring (bicyclic) bond motifs is 1. The van der Waals surface area contributed by atoms with Gasteiger partial charge in [0.15, 0.2) is 11.0 Å². The Balaban J connectivity index is 1.46. The predicted octanol–water partition coefficient (Wildman–Crippen LogP) is 6.16. The molecule has 7 nitrogen and oxygen atoms in total. The van der Waals surface area contributed by atoms with Crippen molar-refractivity contribution in [3.05, 3.63) is 52.9 Å². The van der Waals surface area contributed by atoms with Gasteiger partial charge in [-0.2, -0.15) is 5.26 Å². The summed E-state index contributed by atoms with van der Waals surface area (Å²) in [5.41, 5.74) is 3.91. The number of amides is 1. The van der Waals surface area contributed by atoms with Crippen LogP contribution in [0.3, 0.4) is 0 Å². The molecule has 0 saturated heterocycles. The lowest BCUT2D eigenvalue weighted by Crippen LogP contribution is -2.21. The van der Waals surface area contributed by atoms with Crippen LogP contribution in [-0.2, 0) is 24.2 Å². The van der Waals surface area contributed by atoms with Gasteiger partial charge >= 0.3 is 0 Å². The summed E-state index contributed by atoms with van der Waals surface area (Å²) in [5.74, 6) is 1.44. The normalized spacial score (nSPS) is 14.6. The Bertz CT molecular complexity index is 1280. The Hall–Kier alpha value is -3.09. The van der Waals surface area contributed by atoms with Gasteiger partial charge in [0.25, 0.3) is 0 Å². The summed E-state index contributed by atoms with van der Waals surface area (Å²) in [5, 5.41) is 22.9. The van der Waals surface area contributed by atoms with Gasteiger partial charge in [-0.15, -0.1) is 28.1 Å². The molecule has 37 heavy (non-hydrogen) atoms. The maximum Gasteiger partial charge on any atom is 0.235 e. The van der Waals surface area contributed by atoms with Crippen LogP contribution < -0.4 is 10.2 Å². The minimum absolute atomic E-state index is 0.148. The largest absolute Gasteiger partial charge is 0.372 e. The molecule has 9 heteroatoms. The standard InChI is InChI=1S/C28H34N6OS2/c1-5-15-34-26(20-10-12-21(13-11-20)33(7-3)8-4)31-32-28(34)36-18-25(35)30-27-23(17-29)22-14-9-19(6-2)16-24(22)37-27/h5,10-13,19H,1,6-9,14-16,18H2,2-4H3,(H,30,35). The molecule has 0 fully saturated rings. The highest BCUT2D eigenvalue weighted by molar-refractivity contribution is 7.99. The van der Waals surface area contributed by atoms with Crippen LogP contribution in [0.4, 0.5) is 10.7 Å². The van der Waals surface area contributed by atoms with Gasteiger partial charge in [0.2, 0.25) is 5.91 Å². The molecule has 2 heterocycles. The first-order chi connectivity index (χ1) is 18.0. The topological polar surface area (TPSA) is 86.8 Å². The van der Waals surface area contributed by atoms with E-state index >= 15 is 0 Å². The number of thiophene rings is 1. The molecule has 1 aliphatic rings. The number of benzene rings is 1. The highest BCUT2D eigenvalue weighted by atomic mass is 32.2. The molecule has 1 N–H and O–H groups in total. The molecule has 0 bridgehead atoms. The molecule has 1 aliphatic carbocycles. The van der Waals surface area contributed by atoms with Crippen LogP contribution >= 0.6 is 23.1 Å². The molecule has 1 amide bonds. The van der Waals surface area contributed by atoms with Gasteiger partial charge in [0.1, 0.15) is 11.1 Å². The van der Waals surface area contributed by atoms with Crippen LogP contribution in [0.1, 0.15) is 49.6 Å². The molecule has 3 aromatic rings. The first-order valence-corrected chi connectivity index (χ1v) is 14.7. The highest BCUT2D eigenvalue weighted by Gasteiger charge is 2.26. The lowest BCUT2D eigenvalue weighted by atomic mass is 9.86. The highest BCUT2D eigenvalue weighted by Crippen LogP contribution is 2.40. The number of anilines is 2. The van der Waals surface area contributed by atoms with Crippen molar-refractivity contribution >= 4 is 39.7 Å². The number of nitrogens with one attached hydrogen (secondary N) is 1. The molecule has 194 valence electrons. The number of nitrogens with zero attached hydrogens (tertiary/aromatic N) is 5. The molecule has 2 aromatic heterocycles. The van der Waals surface area contributed by atoms with Crippen LogP contribution in [0.15, 0.2) is 42.1 Å². The maximum atomic E-state index is 12.9. The van der Waals surface area contributed by atoms with Gasteiger partial charge < -0.3 is 10.2 Å². The van der Waals surface area contributed by atoms with Gasteiger partial charge in [-0.05, 0) is 68.9 Å². The fourth-order valence-electron chi connectivity index (χ4n) is 4.81. The molecule has 0 saturated carbocycles. The van der Waals surface area contributed by atoms with Gasteiger partial charge in [0.05, 0.1) is 11.3 Å². The first-order valence-electron chi connectivity index (χ1n) is 12.9. The Morgan fingerprint density at radius 1 is 1.30 bits per heavy atom. The monoisotopic (exact) mass is 534 g/mol.